The predicted octanol–water partition coefficient (Wildman–Crippen LogP) is 2.00. The smallest absolute Gasteiger partial charge is 0.329 e. The molecule has 0 fully saturated rings. The molecule has 0 amide bonds. The lowest BCUT2D eigenvalue weighted by Gasteiger charge is -2.23. The first kappa shape index (κ1) is 15.6. The summed E-state index contributed by atoms with van der Waals surface area (Å²) in [5.41, 5.74) is 0.472. The van der Waals surface area contributed by atoms with Crippen LogP contribution in [0.5, 0.6) is 0 Å². The van der Waals surface area contributed by atoms with Gasteiger partial charge in [-0.2, -0.15) is 0 Å². The first-order valence-corrected chi connectivity index (χ1v) is 8.31. The maximum atomic E-state index is 12.6. The number of nitrogens with zero attached hydrogens (tertiary/aromatic N) is 2. The molecular weight excluding hydrogens is 322 g/mol. The Kier molecular flexibility index (Phi) is 3.63. The number of Topliss-reactive ketones (excluding diaryl/α,β-unsaturated/α-hetero) is 1. The van der Waals surface area contributed by atoms with Gasteiger partial charge in [-0.25, -0.2) is 9.78 Å². The van der Waals surface area contributed by atoms with E-state index in [0.717, 1.165) is 12.2 Å². The lowest BCUT2D eigenvalue weighted by Crippen LogP contribution is -2.32. The number of fused-ring (bicyclic) bond motifs is 3. The zero-order valence-corrected chi connectivity index (χ0v) is 13.7. The van der Waals surface area contributed by atoms with E-state index in [2.05, 4.69) is 9.97 Å². The van der Waals surface area contributed by atoms with E-state index in [1.165, 1.54) is 10.8 Å². The molecule has 1 N–H and O–H groups in total. The number of H-pyrrole nitrogens is 1. The SMILES string of the molecule is CCCn1c(=O)[nH]c(=O)c2c3c(cnc21)C(=O)C[C@@H](c1ccco1)C3. The largest absolute Gasteiger partial charge is 0.469 e. The van der Waals surface area contributed by atoms with Crippen LogP contribution >= 0.6 is 0 Å². The topological polar surface area (TPSA) is 98.0 Å². The van der Waals surface area contributed by atoms with Crippen molar-refractivity contribution in [1.82, 2.24) is 14.5 Å². The van der Waals surface area contributed by atoms with Gasteiger partial charge in [0.2, 0.25) is 0 Å². The van der Waals surface area contributed by atoms with Crippen molar-refractivity contribution < 1.29 is 9.21 Å². The van der Waals surface area contributed by atoms with Crippen LogP contribution in [0.4, 0.5) is 0 Å². The summed E-state index contributed by atoms with van der Waals surface area (Å²) in [7, 11) is 0. The minimum atomic E-state index is -0.496. The molecular formula is C18H17N3O4. The molecule has 0 bridgehead atoms. The van der Waals surface area contributed by atoms with Gasteiger partial charge in [0.05, 0.1) is 11.6 Å². The Hall–Kier alpha value is -2.96. The van der Waals surface area contributed by atoms with Gasteiger partial charge in [0.1, 0.15) is 11.4 Å². The van der Waals surface area contributed by atoms with Crippen molar-refractivity contribution in [2.45, 2.75) is 38.6 Å². The number of carbonyl (C=O) groups excluding carboxylic acids is 1. The van der Waals surface area contributed by atoms with E-state index in [1.807, 2.05) is 13.0 Å². The molecule has 3 heterocycles. The van der Waals surface area contributed by atoms with Gasteiger partial charge in [-0.1, -0.05) is 6.92 Å². The fourth-order valence-corrected chi connectivity index (χ4v) is 3.56. The lowest BCUT2D eigenvalue weighted by molar-refractivity contribution is 0.0960. The Morgan fingerprint density at radius 2 is 2.16 bits per heavy atom. The molecule has 0 aliphatic heterocycles. The fourth-order valence-electron chi connectivity index (χ4n) is 3.56. The Morgan fingerprint density at radius 1 is 1.32 bits per heavy atom. The number of furan rings is 1. The molecule has 7 heteroatoms. The number of hydrogen-bond donors (Lipinski definition) is 1. The van der Waals surface area contributed by atoms with Gasteiger partial charge in [0.15, 0.2) is 5.78 Å². The number of aromatic nitrogens is 3. The zero-order chi connectivity index (χ0) is 17.6. The standard InChI is InChI=1S/C18H17N3O4/c1-2-5-21-16-15(17(23)20-18(21)24)11-7-10(14-4-3-6-25-14)8-13(22)12(11)9-19-16/h3-4,6,9-10H,2,5,7-8H2,1H3,(H,20,23,24)/t10-/m0/s1. The highest BCUT2D eigenvalue weighted by Crippen LogP contribution is 2.34. The number of aromatic amines is 1. The van der Waals surface area contributed by atoms with Crippen LogP contribution in [-0.2, 0) is 13.0 Å². The molecule has 7 nitrogen and oxygen atoms in total. The van der Waals surface area contributed by atoms with Crippen molar-refractivity contribution in [2.24, 2.45) is 0 Å². The van der Waals surface area contributed by atoms with E-state index in [0.29, 0.717) is 41.5 Å². The van der Waals surface area contributed by atoms with Crippen molar-refractivity contribution >= 4 is 16.8 Å². The van der Waals surface area contributed by atoms with Gasteiger partial charge in [0.25, 0.3) is 5.56 Å². The van der Waals surface area contributed by atoms with Gasteiger partial charge in [-0.05, 0) is 30.5 Å². The first-order valence-electron chi connectivity index (χ1n) is 8.31. The third-order valence-corrected chi connectivity index (χ3v) is 4.69. The summed E-state index contributed by atoms with van der Waals surface area (Å²) in [5, 5.41) is 0.329. The summed E-state index contributed by atoms with van der Waals surface area (Å²) in [5.74, 6) is 0.540. The molecule has 128 valence electrons. The summed E-state index contributed by atoms with van der Waals surface area (Å²) in [6.07, 6.45) is 4.62. The zero-order valence-electron chi connectivity index (χ0n) is 13.7. The van der Waals surface area contributed by atoms with Gasteiger partial charge in [-0.15, -0.1) is 0 Å². The van der Waals surface area contributed by atoms with Gasteiger partial charge in [-0.3, -0.25) is 19.1 Å². The average Bonchev–Trinajstić information content (AvgIpc) is 3.12. The Balaban J connectivity index is 1.98. The van der Waals surface area contributed by atoms with Crippen LogP contribution in [0, 0.1) is 0 Å². The number of rotatable bonds is 3. The van der Waals surface area contributed by atoms with E-state index in [1.54, 1.807) is 12.3 Å². The molecule has 3 aromatic heterocycles. The first-order chi connectivity index (χ1) is 12.1. The fraction of sp³-hybridized carbons (Fsp3) is 0.333. The second kappa shape index (κ2) is 5.84. The molecule has 0 saturated carbocycles. The van der Waals surface area contributed by atoms with Crippen LogP contribution in [0.3, 0.4) is 0 Å². The van der Waals surface area contributed by atoms with Crippen molar-refractivity contribution in [3.8, 4) is 0 Å². The number of hydrogen-bond acceptors (Lipinski definition) is 5. The lowest BCUT2D eigenvalue weighted by atomic mass is 9.81. The number of nitrogens with one attached hydrogen (secondary N) is 1. The Morgan fingerprint density at radius 3 is 2.88 bits per heavy atom. The highest BCUT2D eigenvalue weighted by molar-refractivity contribution is 6.02. The van der Waals surface area contributed by atoms with E-state index in [4.69, 9.17) is 4.42 Å². The Bertz CT molecular complexity index is 1080. The Labute approximate surface area is 142 Å². The number of ketones is 1. The third-order valence-electron chi connectivity index (χ3n) is 4.69. The molecule has 1 atom stereocenters. The van der Waals surface area contributed by atoms with Gasteiger partial charge >= 0.3 is 5.69 Å². The normalized spacial score (nSPS) is 17.0. The molecule has 4 rings (SSSR count). The number of aryl methyl sites for hydroxylation is 1. The van der Waals surface area contributed by atoms with Crippen molar-refractivity contribution in [3.63, 3.8) is 0 Å². The average molecular weight is 339 g/mol. The van der Waals surface area contributed by atoms with Gasteiger partial charge in [0, 0.05) is 30.6 Å². The molecule has 0 radical (unpaired) electrons. The minimum Gasteiger partial charge on any atom is -0.469 e. The maximum Gasteiger partial charge on any atom is 0.329 e. The van der Waals surface area contributed by atoms with Crippen LogP contribution in [0.2, 0.25) is 0 Å². The van der Waals surface area contributed by atoms with Gasteiger partial charge < -0.3 is 4.42 Å². The number of carbonyl (C=O) groups is 1. The van der Waals surface area contributed by atoms with E-state index in [9.17, 15) is 14.4 Å². The molecule has 25 heavy (non-hydrogen) atoms. The highest BCUT2D eigenvalue weighted by Gasteiger charge is 2.31. The predicted molar refractivity (Wildman–Crippen MR) is 91.0 cm³/mol. The second-order valence-corrected chi connectivity index (χ2v) is 6.30. The van der Waals surface area contributed by atoms with Crippen molar-refractivity contribution in [3.05, 3.63) is 62.3 Å². The minimum absolute atomic E-state index is 0.0651. The van der Waals surface area contributed by atoms with Crippen molar-refractivity contribution in [1.29, 1.82) is 0 Å². The molecule has 1 aliphatic rings. The van der Waals surface area contributed by atoms with Crippen LogP contribution in [-0.4, -0.2) is 20.3 Å². The molecule has 0 unspecified atom stereocenters. The molecule has 0 aromatic carbocycles. The second-order valence-electron chi connectivity index (χ2n) is 6.30. The molecule has 0 saturated heterocycles. The number of pyridine rings is 1. The summed E-state index contributed by atoms with van der Waals surface area (Å²) in [4.78, 5) is 43.8. The van der Waals surface area contributed by atoms with E-state index >= 15 is 0 Å². The highest BCUT2D eigenvalue weighted by atomic mass is 16.3. The summed E-state index contributed by atoms with van der Waals surface area (Å²) < 4.78 is 6.91. The summed E-state index contributed by atoms with van der Waals surface area (Å²) in [6.45, 7) is 2.39. The quantitative estimate of drug-likeness (QED) is 0.787. The third kappa shape index (κ3) is 2.43. The van der Waals surface area contributed by atoms with Crippen LogP contribution in [0.25, 0.3) is 11.0 Å². The van der Waals surface area contributed by atoms with E-state index in [-0.39, 0.29) is 11.7 Å². The molecule has 1 aliphatic carbocycles. The van der Waals surface area contributed by atoms with Crippen LogP contribution in [0.15, 0.2) is 38.6 Å². The molecule has 0 spiro atoms. The van der Waals surface area contributed by atoms with Crippen LogP contribution in [0.1, 0.15) is 47.4 Å². The van der Waals surface area contributed by atoms with Crippen LogP contribution < -0.4 is 11.2 Å². The molecule has 3 aromatic rings. The summed E-state index contributed by atoms with van der Waals surface area (Å²) in [6, 6.07) is 3.62. The maximum absolute atomic E-state index is 12.6. The van der Waals surface area contributed by atoms with E-state index < -0.39 is 11.2 Å². The monoisotopic (exact) mass is 339 g/mol. The van der Waals surface area contributed by atoms with Crippen molar-refractivity contribution in [2.75, 3.05) is 0 Å². The summed E-state index contributed by atoms with van der Waals surface area (Å²) >= 11 is 0.